The van der Waals surface area contributed by atoms with E-state index in [1.54, 1.807) is 6.92 Å². The van der Waals surface area contributed by atoms with Crippen LogP contribution in [0.4, 0.5) is 0 Å². The van der Waals surface area contributed by atoms with Crippen LogP contribution in [-0.4, -0.2) is 25.8 Å². The Morgan fingerprint density at radius 1 is 1.80 bits per heavy atom. The highest BCUT2D eigenvalue weighted by atomic mass is 16.4. The van der Waals surface area contributed by atoms with Crippen LogP contribution in [0, 0.1) is 17.2 Å². The first-order chi connectivity index (χ1) is 7.19. The fraction of sp³-hybridized carbons (Fsp3) is 0.333. The van der Waals surface area contributed by atoms with Gasteiger partial charge in [0.2, 0.25) is 0 Å². The summed E-state index contributed by atoms with van der Waals surface area (Å²) in [6.07, 6.45) is 4.43. The van der Waals surface area contributed by atoms with Crippen LogP contribution < -0.4 is 0 Å². The normalized spacial score (nSPS) is 13.2. The van der Waals surface area contributed by atoms with Gasteiger partial charge in [0.05, 0.1) is 5.92 Å². The summed E-state index contributed by atoms with van der Waals surface area (Å²) in [7, 11) is 0. The van der Waals surface area contributed by atoms with E-state index in [-0.39, 0.29) is 5.70 Å². The molecule has 6 nitrogen and oxygen atoms in total. The highest BCUT2D eigenvalue weighted by Crippen LogP contribution is 2.10. The number of carboxylic acid groups (broad SMARTS) is 1. The summed E-state index contributed by atoms with van der Waals surface area (Å²) < 4.78 is 1.24. The smallest absolute Gasteiger partial charge is 0.310 e. The van der Waals surface area contributed by atoms with Crippen molar-refractivity contribution >= 4 is 11.7 Å². The number of aromatic nitrogens is 3. The molecule has 0 spiro atoms. The summed E-state index contributed by atoms with van der Waals surface area (Å²) in [5, 5.41) is 21.4. The van der Waals surface area contributed by atoms with E-state index >= 15 is 0 Å². The van der Waals surface area contributed by atoms with Gasteiger partial charge in [-0.1, -0.05) is 6.92 Å². The Morgan fingerprint density at radius 3 is 2.93 bits per heavy atom. The lowest BCUT2D eigenvalue weighted by molar-refractivity contribution is -0.140. The predicted octanol–water partition coefficient (Wildman–Crippen LogP) is 0.753. The van der Waals surface area contributed by atoms with Crippen LogP contribution in [0.1, 0.15) is 13.3 Å². The van der Waals surface area contributed by atoms with Crippen LogP contribution in [0.25, 0.3) is 5.70 Å². The molecule has 78 valence electrons. The fourth-order valence-corrected chi connectivity index (χ4v) is 1.05. The number of rotatable bonds is 4. The van der Waals surface area contributed by atoms with Crippen LogP contribution in [0.5, 0.6) is 0 Å². The third-order valence-electron chi connectivity index (χ3n) is 1.90. The minimum Gasteiger partial charge on any atom is -0.481 e. The second-order valence-electron chi connectivity index (χ2n) is 2.86. The van der Waals surface area contributed by atoms with Gasteiger partial charge in [0.25, 0.3) is 0 Å². The molecule has 0 saturated carbocycles. The quantitative estimate of drug-likeness (QED) is 0.734. The first kappa shape index (κ1) is 10.9. The lowest BCUT2D eigenvalue weighted by atomic mass is 10.1. The van der Waals surface area contributed by atoms with Gasteiger partial charge >= 0.3 is 5.97 Å². The topological polar surface area (TPSA) is 91.8 Å². The summed E-state index contributed by atoms with van der Waals surface area (Å²) in [5.74, 6) is -1.63. The number of allylic oxidation sites excluding steroid dienone is 1. The molecule has 0 aliphatic rings. The van der Waals surface area contributed by atoms with Gasteiger partial charge in [-0.25, -0.2) is 9.67 Å². The molecule has 0 aromatic carbocycles. The highest BCUT2D eigenvalue weighted by molar-refractivity contribution is 5.75. The van der Waals surface area contributed by atoms with Gasteiger partial charge < -0.3 is 5.11 Å². The minimum absolute atomic E-state index is 0.168. The molecule has 0 fully saturated rings. The van der Waals surface area contributed by atoms with E-state index < -0.39 is 11.9 Å². The zero-order valence-corrected chi connectivity index (χ0v) is 8.16. The molecule has 0 saturated heterocycles. The van der Waals surface area contributed by atoms with Crippen LogP contribution in [-0.2, 0) is 4.79 Å². The van der Waals surface area contributed by atoms with Crippen molar-refractivity contribution in [3.63, 3.8) is 0 Å². The van der Waals surface area contributed by atoms with Gasteiger partial charge in [-0.2, -0.15) is 10.4 Å². The second kappa shape index (κ2) is 4.91. The summed E-state index contributed by atoms with van der Waals surface area (Å²) in [6, 6.07) is 1.88. The Labute approximate surface area is 86.5 Å². The van der Waals surface area contributed by atoms with Crippen LogP contribution in [0.2, 0.25) is 0 Å². The second-order valence-corrected chi connectivity index (χ2v) is 2.86. The molecule has 0 aliphatic heterocycles. The molecule has 1 heterocycles. The molecule has 15 heavy (non-hydrogen) atoms. The highest BCUT2D eigenvalue weighted by Gasteiger charge is 2.14. The lowest BCUT2D eigenvalue weighted by Gasteiger charge is -2.04. The molecule has 1 atom stereocenters. The fourth-order valence-electron chi connectivity index (χ4n) is 1.05. The maximum Gasteiger partial charge on any atom is 0.310 e. The maximum atomic E-state index is 10.8. The van der Waals surface area contributed by atoms with Crippen molar-refractivity contribution < 1.29 is 9.90 Å². The van der Waals surface area contributed by atoms with Crippen LogP contribution in [0.15, 0.2) is 18.7 Å². The number of nitrogens with zero attached hydrogens (tertiary/aromatic N) is 4. The Balaban J connectivity index is 2.97. The lowest BCUT2D eigenvalue weighted by Crippen LogP contribution is -2.11. The van der Waals surface area contributed by atoms with E-state index in [1.807, 2.05) is 6.07 Å². The SMILES string of the molecule is CCC(C=C(C#N)n1cncn1)C(=O)O. The van der Waals surface area contributed by atoms with Gasteiger partial charge in [-0.05, 0) is 12.5 Å². The van der Waals surface area contributed by atoms with Crippen molar-refractivity contribution in [2.75, 3.05) is 0 Å². The van der Waals surface area contributed by atoms with Crippen molar-refractivity contribution in [1.29, 1.82) is 5.26 Å². The number of hydrogen-bond acceptors (Lipinski definition) is 4. The summed E-state index contributed by atoms with van der Waals surface area (Å²) in [5.41, 5.74) is 0.168. The van der Waals surface area contributed by atoms with Crippen LogP contribution in [0.3, 0.4) is 0 Å². The van der Waals surface area contributed by atoms with Crippen molar-refractivity contribution in [1.82, 2.24) is 14.8 Å². The zero-order chi connectivity index (χ0) is 11.3. The molecule has 0 bridgehead atoms. The van der Waals surface area contributed by atoms with Gasteiger partial charge in [0, 0.05) is 0 Å². The predicted molar refractivity (Wildman–Crippen MR) is 51.3 cm³/mol. The average molecular weight is 206 g/mol. The van der Waals surface area contributed by atoms with Crippen LogP contribution >= 0.6 is 0 Å². The Hall–Kier alpha value is -2.16. The summed E-state index contributed by atoms with van der Waals surface area (Å²) in [6.45, 7) is 1.74. The van der Waals surface area contributed by atoms with Crippen molar-refractivity contribution in [3.05, 3.63) is 18.7 Å². The van der Waals surface area contributed by atoms with E-state index in [2.05, 4.69) is 10.1 Å². The van der Waals surface area contributed by atoms with Gasteiger partial charge in [-0.3, -0.25) is 4.79 Å². The van der Waals surface area contributed by atoms with Crippen molar-refractivity contribution in [2.45, 2.75) is 13.3 Å². The maximum absolute atomic E-state index is 10.8. The molecule has 1 aromatic rings. The molecular weight excluding hydrogens is 196 g/mol. The molecule has 0 aliphatic carbocycles. The molecule has 0 amide bonds. The molecule has 1 rings (SSSR count). The van der Waals surface area contributed by atoms with Gasteiger partial charge in [0.1, 0.15) is 24.4 Å². The zero-order valence-electron chi connectivity index (χ0n) is 8.16. The number of aliphatic carboxylic acids is 1. The number of nitriles is 1. The monoisotopic (exact) mass is 206 g/mol. The molecule has 6 heteroatoms. The Kier molecular flexibility index (Phi) is 3.57. The Bertz CT molecular complexity index is 402. The standard InChI is InChI=1S/C9H10N4O2/c1-2-7(9(14)15)3-8(4-10)13-6-11-5-12-13/h3,5-7H,2H2,1H3,(H,14,15). The van der Waals surface area contributed by atoms with E-state index in [0.717, 1.165) is 0 Å². The first-order valence-corrected chi connectivity index (χ1v) is 4.38. The third-order valence-corrected chi connectivity index (χ3v) is 1.90. The molecular formula is C9H10N4O2. The van der Waals surface area contributed by atoms with Crippen molar-refractivity contribution in [2.24, 2.45) is 5.92 Å². The van der Waals surface area contributed by atoms with Crippen molar-refractivity contribution in [3.8, 4) is 6.07 Å². The van der Waals surface area contributed by atoms with Gasteiger partial charge in [0.15, 0.2) is 0 Å². The average Bonchev–Trinajstić information content (AvgIpc) is 2.72. The molecule has 1 aromatic heterocycles. The number of hydrogen-bond donors (Lipinski definition) is 1. The number of carboxylic acids is 1. The Morgan fingerprint density at radius 2 is 2.53 bits per heavy atom. The molecule has 1 unspecified atom stereocenters. The van der Waals surface area contributed by atoms with E-state index in [9.17, 15) is 4.79 Å². The first-order valence-electron chi connectivity index (χ1n) is 4.38. The minimum atomic E-state index is -0.953. The summed E-state index contributed by atoms with van der Waals surface area (Å²) >= 11 is 0. The largest absolute Gasteiger partial charge is 0.481 e. The molecule has 1 N–H and O–H groups in total. The van der Waals surface area contributed by atoms with Gasteiger partial charge in [-0.15, -0.1) is 0 Å². The van der Waals surface area contributed by atoms with E-state index in [0.29, 0.717) is 6.42 Å². The number of carbonyl (C=O) groups is 1. The van der Waals surface area contributed by atoms with E-state index in [1.165, 1.54) is 23.4 Å². The summed E-state index contributed by atoms with van der Waals surface area (Å²) in [4.78, 5) is 14.4. The van der Waals surface area contributed by atoms with E-state index in [4.69, 9.17) is 10.4 Å². The molecule has 0 radical (unpaired) electrons. The third kappa shape index (κ3) is 2.64.